The molecule has 1 aromatic carbocycles. The molecule has 0 saturated carbocycles. The summed E-state index contributed by atoms with van der Waals surface area (Å²) in [6.07, 6.45) is 1.39. The molecule has 20 heavy (non-hydrogen) atoms. The summed E-state index contributed by atoms with van der Waals surface area (Å²) in [6.45, 7) is 4.24. The fourth-order valence-corrected chi connectivity index (χ4v) is 1.92. The zero-order valence-electron chi connectivity index (χ0n) is 12.3. The van der Waals surface area contributed by atoms with Crippen molar-refractivity contribution in [2.45, 2.75) is 19.8 Å². The van der Waals surface area contributed by atoms with E-state index in [1.807, 2.05) is 29.2 Å². The SMILES string of the molecule is CCc1ccc(C(=O)CN(CCC#N)CCOC)cc1. The first-order valence-corrected chi connectivity index (χ1v) is 6.91. The number of ketones is 1. The van der Waals surface area contributed by atoms with Gasteiger partial charge in [-0.15, -0.1) is 0 Å². The van der Waals surface area contributed by atoms with E-state index in [2.05, 4.69) is 13.0 Å². The summed E-state index contributed by atoms with van der Waals surface area (Å²) in [5, 5.41) is 8.66. The van der Waals surface area contributed by atoms with Crippen LogP contribution < -0.4 is 0 Å². The third-order valence-corrected chi connectivity index (χ3v) is 3.20. The summed E-state index contributed by atoms with van der Waals surface area (Å²) in [7, 11) is 1.63. The van der Waals surface area contributed by atoms with Crippen LogP contribution in [0.1, 0.15) is 29.3 Å². The fourth-order valence-electron chi connectivity index (χ4n) is 1.92. The summed E-state index contributed by atoms with van der Waals surface area (Å²) in [5.74, 6) is 0.0849. The van der Waals surface area contributed by atoms with Crippen molar-refractivity contribution in [3.8, 4) is 6.07 Å². The van der Waals surface area contributed by atoms with Crippen molar-refractivity contribution >= 4 is 5.78 Å². The van der Waals surface area contributed by atoms with E-state index >= 15 is 0 Å². The lowest BCUT2D eigenvalue weighted by atomic mass is 10.1. The molecule has 0 radical (unpaired) electrons. The van der Waals surface area contributed by atoms with Gasteiger partial charge in [-0.3, -0.25) is 9.69 Å². The van der Waals surface area contributed by atoms with Crippen LogP contribution in [0, 0.1) is 11.3 Å². The summed E-state index contributed by atoms with van der Waals surface area (Å²) >= 11 is 0. The molecule has 108 valence electrons. The Morgan fingerprint density at radius 3 is 2.55 bits per heavy atom. The Kier molecular flexibility index (Phi) is 7.56. The van der Waals surface area contributed by atoms with E-state index in [4.69, 9.17) is 10.00 Å². The lowest BCUT2D eigenvalue weighted by Crippen LogP contribution is -2.33. The molecule has 0 atom stereocenters. The molecule has 0 N–H and O–H groups in total. The maximum Gasteiger partial charge on any atom is 0.176 e. The number of nitriles is 1. The van der Waals surface area contributed by atoms with Crippen molar-refractivity contribution in [1.82, 2.24) is 4.90 Å². The van der Waals surface area contributed by atoms with E-state index in [1.165, 1.54) is 5.56 Å². The van der Waals surface area contributed by atoms with Crippen LogP contribution in [0.4, 0.5) is 0 Å². The Balaban J connectivity index is 2.60. The van der Waals surface area contributed by atoms with Crippen molar-refractivity contribution in [2.75, 3.05) is 33.4 Å². The van der Waals surface area contributed by atoms with Gasteiger partial charge in [-0.1, -0.05) is 31.2 Å². The zero-order chi connectivity index (χ0) is 14.8. The van der Waals surface area contributed by atoms with E-state index in [1.54, 1.807) is 7.11 Å². The highest BCUT2D eigenvalue weighted by atomic mass is 16.5. The van der Waals surface area contributed by atoms with Crippen molar-refractivity contribution < 1.29 is 9.53 Å². The number of ether oxygens (including phenoxy) is 1. The van der Waals surface area contributed by atoms with Crippen molar-refractivity contribution in [2.24, 2.45) is 0 Å². The van der Waals surface area contributed by atoms with Gasteiger partial charge in [-0.2, -0.15) is 5.26 Å². The predicted molar refractivity (Wildman–Crippen MR) is 78.7 cm³/mol. The highest BCUT2D eigenvalue weighted by Crippen LogP contribution is 2.07. The number of rotatable bonds is 9. The first-order valence-electron chi connectivity index (χ1n) is 6.91. The van der Waals surface area contributed by atoms with E-state index in [0.29, 0.717) is 32.7 Å². The van der Waals surface area contributed by atoms with Gasteiger partial charge >= 0.3 is 0 Å². The second-order valence-electron chi connectivity index (χ2n) is 4.65. The molecule has 0 heterocycles. The minimum absolute atomic E-state index is 0.0849. The molecule has 0 aliphatic rings. The Labute approximate surface area is 121 Å². The lowest BCUT2D eigenvalue weighted by molar-refractivity contribution is 0.0898. The van der Waals surface area contributed by atoms with E-state index in [-0.39, 0.29) is 5.78 Å². The van der Waals surface area contributed by atoms with Crippen LogP contribution in [0.2, 0.25) is 0 Å². The first-order chi connectivity index (χ1) is 9.71. The second kappa shape index (κ2) is 9.24. The van der Waals surface area contributed by atoms with Crippen LogP contribution in [0.25, 0.3) is 0 Å². The van der Waals surface area contributed by atoms with Gasteiger partial charge in [0.15, 0.2) is 5.78 Å². The molecule has 1 rings (SSSR count). The summed E-state index contributed by atoms with van der Waals surface area (Å²) < 4.78 is 5.03. The van der Waals surface area contributed by atoms with Gasteiger partial charge in [0.1, 0.15) is 0 Å². The number of hydrogen-bond donors (Lipinski definition) is 0. The Hall–Kier alpha value is -1.70. The molecule has 0 saturated heterocycles. The molecular formula is C16H22N2O2. The van der Waals surface area contributed by atoms with Gasteiger partial charge in [-0.05, 0) is 12.0 Å². The van der Waals surface area contributed by atoms with Gasteiger partial charge in [0, 0.05) is 32.2 Å². The lowest BCUT2D eigenvalue weighted by Gasteiger charge is -2.19. The summed E-state index contributed by atoms with van der Waals surface area (Å²) in [6, 6.07) is 9.84. The van der Waals surface area contributed by atoms with Gasteiger partial charge in [0.05, 0.1) is 19.2 Å². The third kappa shape index (κ3) is 5.52. The van der Waals surface area contributed by atoms with Crippen LogP contribution in [0.3, 0.4) is 0 Å². The average molecular weight is 274 g/mol. The maximum atomic E-state index is 12.2. The molecule has 0 fully saturated rings. The van der Waals surface area contributed by atoms with Crippen LogP contribution in [0.5, 0.6) is 0 Å². The molecule has 0 spiro atoms. The first kappa shape index (κ1) is 16.4. The number of benzene rings is 1. The Morgan fingerprint density at radius 2 is 2.00 bits per heavy atom. The van der Waals surface area contributed by atoms with E-state index in [0.717, 1.165) is 12.0 Å². The number of methoxy groups -OCH3 is 1. The smallest absolute Gasteiger partial charge is 0.176 e. The molecule has 0 bridgehead atoms. The van der Waals surface area contributed by atoms with Gasteiger partial charge in [0.25, 0.3) is 0 Å². The molecule has 0 aliphatic heterocycles. The molecule has 0 aliphatic carbocycles. The minimum Gasteiger partial charge on any atom is -0.383 e. The van der Waals surface area contributed by atoms with Crippen LogP contribution in [0.15, 0.2) is 24.3 Å². The molecule has 4 nitrogen and oxygen atoms in total. The van der Waals surface area contributed by atoms with Crippen LogP contribution >= 0.6 is 0 Å². The quantitative estimate of drug-likeness (QED) is 0.648. The average Bonchev–Trinajstić information content (AvgIpc) is 2.49. The molecule has 0 amide bonds. The normalized spacial score (nSPS) is 10.5. The molecular weight excluding hydrogens is 252 g/mol. The van der Waals surface area contributed by atoms with Crippen LogP contribution in [-0.2, 0) is 11.2 Å². The monoisotopic (exact) mass is 274 g/mol. The third-order valence-electron chi connectivity index (χ3n) is 3.20. The molecule has 0 aromatic heterocycles. The molecule has 4 heteroatoms. The number of aryl methyl sites for hydroxylation is 1. The van der Waals surface area contributed by atoms with E-state index in [9.17, 15) is 4.79 Å². The van der Waals surface area contributed by atoms with Crippen LogP contribution in [-0.4, -0.2) is 44.0 Å². The van der Waals surface area contributed by atoms with Crippen molar-refractivity contribution in [3.63, 3.8) is 0 Å². The van der Waals surface area contributed by atoms with Crippen molar-refractivity contribution in [3.05, 3.63) is 35.4 Å². The number of hydrogen-bond acceptors (Lipinski definition) is 4. The highest BCUT2D eigenvalue weighted by Gasteiger charge is 2.12. The summed E-state index contributed by atoms with van der Waals surface area (Å²) in [5.41, 5.74) is 1.95. The fraction of sp³-hybridized carbons (Fsp3) is 0.500. The Bertz CT molecular complexity index is 449. The Morgan fingerprint density at radius 1 is 1.30 bits per heavy atom. The zero-order valence-corrected chi connectivity index (χ0v) is 12.3. The van der Waals surface area contributed by atoms with Gasteiger partial charge in [-0.25, -0.2) is 0 Å². The number of carbonyl (C=O) groups is 1. The van der Waals surface area contributed by atoms with Gasteiger partial charge < -0.3 is 4.74 Å². The summed E-state index contributed by atoms with van der Waals surface area (Å²) in [4.78, 5) is 14.2. The minimum atomic E-state index is 0.0849. The van der Waals surface area contributed by atoms with Gasteiger partial charge in [0.2, 0.25) is 0 Å². The van der Waals surface area contributed by atoms with Crippen molar-refractivity contribution in [1.29, 1.82) is 5.26 Å². The number of nitrogens with zero attached hydrogens (tertiary/aromatic N) is 2. The number of carbonyl (C=O) groups excluding carboxylic acids is 1. The predicted octanol–water partition coefficient (Wildman–Crippen LogP) is 2.29. The number of Topliss-reactive ketones (excluding diaryl/α,β-unsaturated/α-hetero) is 1. The second-order valence-corrected chi connectivity index (χ2v) is 4.65. The van der Waals surface area contributed by atoms with E-state index < -0.39 is 0 Å². The molecule has 1 aromatic rings. The highest BCUT2D eigenvalue weighted by molar-refractivity contribution is 5.97. The maximum absolute atomic E-state index is 12.2. The largest absolute Gasteiger partial charge is 0.383 e. The topological polar surface area (TPSA) is 53.3 Å². The standard InChI is InChI=1S/C16H22N2O2/c1-3-14-5-7-15(8-6-14)16(19)13-18(10-4-9-17)11-12-20-2/h5-8H,3-4,10-13H2,1-2H3. The molecule has 0 unspecified atom stereocenters.